The first kappa shape index (κ1) is 20.2. The van der Waals surface area contributed by atoms with E-state index in [9.17, 15) is 14.7 Å². The molecule has 0 bridgehead atoms. The maximum Gasteiger partial charge on any atom is 0.339 e. The lowest BCUT2D eigenvalue weighted by molar-refractivity contribution is 0.0450. The molecule has 24 heavy (non-hydrogen) atoms. The Hall–Kier alpha value is -1.84. The van der Waals surface area contributed by atoms with Gasteiger partial charge in [-0.25, -0.2) is 9.59 Å². The fraction of sp³-hybridized carbons (Fsp3) is 0.600. The van der Waals surface area contributed by atoms with Gasteiger partial charge in [0, 0.05) is 0 Å². The fourth-order valence-corrected chi connectivity index (χ4v) is 2.77. The van der Waals surface area contributed by atoms with E-state index in [-0.39, 0.29) is 23.7 Å². The van der Waals surface area contributed by atoms with E-state index in [0.717, 1.165) is 31.2 Å². The lowest BCUT2D eigenvalue weighted by atomic mass is 9.88. The summed E-state index contributed by atoms with van der Waals surface area (Å²) in [5.74, 6) is -0.967. The molecule has 4 heteroatoms. The van der Waals surface area contributed by atoms with Crippen LogP contribution in [-0.2, 0) is 11.2 Å². The zero-order chi connectivity index (χ0) is 18.1. The first-order valence-electron chi connectivity index (χ1n) is 8.92. The zero-order valence-electron chi connectivity index (χ0n) is 15.3. The summed E-state index contributed by atoms with van der Waals surface area (Å²) in [6.07, 6.45) is 5.03. The van der Waals surface area contributed by atoms with Gasteiger partial charge in [-0.3, -0.25) is 0 Å². The van der Waals surface area contributed by atoms with Crippen molar-refractivity contribution in [3.63, 3.8) is 0 Å². The Morgan fingerprint density at radius 3 is 2.46 bits per heavy atom. The molecular weight excluding hydrogens is 304 g/mol. The molecule has 0 heterocycles. The molecule has 0 aromatic heterocycles. The maximum atomic E-state index is 12.3. The van der Waals surface area contributed by atoms with Crippen molar-refractivity contribution in [3.8, 4) is 0 Å². The zero-order valence-corrected chi connectivity index (χ0v) is 15.3. The molecule has 0 saturated carbocycles. The second-order valence-electron chi connectivity index (χ2n) is 6.76. The van der Waals surface area contributed by atoms with Crippen LogP contribution in [0.3, 0.4) is 0 Å². The third-order valence-electron chi connectivity index (χ3n) is 4.18. The first-order valence-corrected chi connectivity index (χ1v) is 8.92. The second kappa shape index (κ2) is 10.1. The van der Waals surface area contributed by atoms with E-state index in [0.29, 0.717) is 12.3 Å². The number of ether oxygens (including phenoxy) is 1. The van der Waals surface area contributed by atoms with Crippen molar-refractivity contribution in [1.29, 1.82) is 0 Å². The average molecular weight is 334 g/mol. The van der Waals surface area contributed by atoms with Crippen LogP contribution >= 0.6 is 0 Å². The first-order chi connectivity index (χ1) is 11.4. The van der Waals surface area contributed by atoms with E-state index in [2.05, 4.69) is 13.8 Å². The van der Waals surface area contributed by atoms with E-state index in [1.54, 1.807) is 12.1 Å². The topological polar surface area (TPSA) is 63.6 Å². The molecule has 134 valence electrons. The Bertz CT molecular complexity index is 549. The molecular formula is C20H30O4. The Labute approximate surface area is 145 Å². The third-order valence-corrected chi connectivity index (χ3v) is 4.18. The molecule has 1 rings (SSSR count). The molecule has 4 nitrogen and oxygen atoms in total. The van der Waals surface area contributed by atoms with E-state index in [4.69, 9.17) is 4.74 Å². The summed E-state index contributed by atoms with van der Waals surface area (Å²) in [5, 5.41) is 9.63. The molecule has 1 N–H and O–H groups in total. The van der Waals surface area contributed by atoms with Crippen LogP contribution in [0.2, 0.25) is 0 Å². The molecule has 0 amide bonds. The number of esters is 1. The predicted molar refractivity (Wildman–Crippen MR) is 95.5 cm³/mol. The van der Waals surface area contributed by atoms with Gasteiger partial charge in [-0.05, 0) is 29.9 Å². The molecule has 0 aliphatic heterocycles. The quantitative estimate of drug-likeness (QED) is 0.614. The predicted octanol–water partition coefficient (Wildman–Crippen LogP) is 4.96. The Morgan fingerprint density at radius 2 is 1.92 bits per heavy atom. The highest BCUT2D eigenvalue weighted by Gasteiger charge is 2.23. The lowest BCUT2D eigenvalue weighted by Crippen LogP contribution is -2.17. The van der Waals surface area contributed by atoms with Crippen molar-refractivity contribution in [1.82, 2.24) is 0 Å². The van der Waals surface area contributed by atoms with Crippen LogP contribution in [-0.4, -0.2) is 23.7 Å². The molecule has 0 spiro atoms. The normalized spacial score (nSPS) is 12.2. The van der Waals surface area contributed by atoms with Crippen molar-refractivity contribution >= 4 is 11.9 Å². The van der Waals surface area contributed by atoms with Gasteiger partial charge in [0.25, 0.3) is 0 Å². The van der Waals surface area contributed by atoms with Gasteiger partial charge in [0.15, 0.2) is 0 Å². The molecule has 1 aromatic rings. The number of benzene rings is 1. The van der Waals surface area contributed by atoms with Crippen LogP contribution in [0.25, 0.3) is 0 Å². The summed E-state index contributed by atoms with van der Waals surface area (Å²) in [7, 11) is 0. The second-order valence-corrected chi connectivity index (χ2v) is 6.76. The minimum atomic E-state index is -1.06. The van der Waals surface area contributed by atoms with Gasteiger partial charge in [-0.1, -0.05) is 65.5 Å². The highest BCUT2D eigenvalue weighted by molar-refractivity contribution is 6.03. The highest BCUT2D eigenvalue weighted by atomic mass is 16.5. The third kappa shape index (κ3) is 5.99. The molecule has 0 radical (unpaired) electrons. The van der Waals surface area contributed by atoms with Gasteiger partial charge in [-0.15, -0.1) is 0 Å². The van der Waals surface area contributed by atoms with Gasteiger partial charge in [-0.2, -0.15) is 0 Å². The largest absolute Gasteiger partial charge is 0.478 e. The van der Waals surface area contributed by atoms with Crippen LogP contribution in [0.5, 0.6) is 0 Å². The molecule has 1 aromatic carbocycles. The molecule has 0 aliphatic carbocycles. The number of hydrogen-bond acceptors (Lipinski definition) is 3. The monoisotopic (exact) mass is 334 g/mol. The van der Waals surface area contributed by atoms with Crippen molar-refractivity contribution in [2.45, 2.75) is 59.8 Å². The Kier molecular flexibility index (Phi) is 8.51. The minimum absolute atomic E-state index is 0.0983. The van der Waals surface area contributed by atoms with Crippen molar-refractivity contribution in [3.05, 3.63) is 34.9 Å². The van der Waals surface area contributed by atoms with Crippen molar-refractivity contribution in [2.75, 3.05) is 6.61 Å². The number of hydrogen-bond donors (Lipinski definition) is 1. The fourth-order valence-electron chi connectivity index (χ4n) is 2.77. The SMILES string of the molecule is CCCCC(CC)Cc1cccc(C(=O)OCC(C)C)c1C(=O)O. The van der Waals surface area contributed by atoms with E-state index in [1.165, 1.54) is 0 Å². The number of rotatable bonds is 10. The van der Waals surface area contributed by atoms with Crippen LogP contribution < -0.4 is 0 Å². The van der Waals surface area contributed by atoms with Gasteiger partial charge < -0.3 is 9.84 Å². The van der Waals surface area contributed by atoms with Crippen molar-refractivity contribution in [2.24, 2.45) is 11.8 Å². The number of carbonyl (C=O) groups excluding carboxylic acids is 1. The van der Waals surface area contributed by atoms with Crippen molar-refractivity contribution < 1.29 is 19.4 Å². The molecule has 1 unspecified atom stereocenters. The molecule has 0 fully saturated rings. The summed E-state index contributed by atoms with van der Waals surface area (Å²) in [6.45, 7) is 8.46. The maximum absolute atomic E-state index is 12.3. The summed E-state index contributed by atoms with van der Waals surface area (Å²) in [6, 6.07) is 5.11. The van der Waals surface area contributed by atoms with Gasteiger partial charge in [0.05, 0.1) is 17.7 Å². The average Bonchev–Trinajstić information content (AvgIpc) is 2.55. The van der Waals surface area contributed by atoms with Crippen LogP contribution in [0.4, 0.5) is 0 Å². The van der Waals surface area contributed by atoms with Crippen LogP contribution in [0.15, 0.2) is 18.2 Å². The van der Waals surface area contributed by atoms with Gasteiger partial charge in [0.1, 0.15) is 0 Å². The number of unbranched alkanes of at least 4 members (excludes halogenated alkanes) is 1. The standard InChI is InChI=1S/C20H30O4/c1-5-7-9-15(6-2)12-16-10-8-11-17(18(16)19(21)22)20(23)24-13-14(3)4/h8,10-11,14-15H,5-7,9,12-13H2,1-4H3,(H,21,22). The number of carbonyl (C=O) groups is 2. The van der Waals surface area contributed by atoms with E-state index < -0.39 is 11.9 Å². The molecule has 1 atom stereocenters. The summed E-state index contributed by atoms with van der Waals surface area (Å²) < 4.78 is 5.23. The Morgan fingerprint density at radius 1 is 1.21 bits per heavy atom. The molecule has 0 saturated heterocycles. The van der Waals surface area contributed by atoms with Crippen LogP contribution in [0, 0.1) is 11.8 Å². The van der Waals surface area contributed by atoms with Gasteiger partial charge in [0.2, 0.25) is 0 Å². The number of aromatic carboxylic acids is 1. The van der Waals surface area contributed by atoms with Crippen LogP contribution in [0.1, 0.15) is 79.7 Å². The highest BCUT2D eigenvalue weighted by Crippen LogP contribution is 2.24. The van der Waals surface area contributed by atoms with E-state index in [1.807, 2.05) is 19.9 Å². The number of carboxylic acids is 1. The minimum Gasteiger partial charge on any atom is -0.478 e. The van der Waals surface area contributed by atoms with E-state index >= 15 is 0 Å². The summed E-state index contributed by atoms with van der Waals surface area (Å²) >= 11 is 0. The lowest BCUT2D eigenvalue weighted by Gasteiger charge is -2.17. The summed E-state index contributed by atoms with van der Waals surface area (Å²) in [4.78, 5) is 24.0. The van der Waals surface area contributed by atoms with Gasteiger partial charge >= 0.3 is 11.9 Å². The Balaban J connectivity index is 3.06. The number of carboxylic acid groups (broad SMARTS) is 1. The summed E-state index contributed by atoms with van der Waals surface area (Å²) in [5.41, 5.74) is 0.983. The smallest absolute Gasteiger partial charge is 0.339 e. The molecule has 0 aliphatic rings.